The molecule has 0 spiro atoms. The number of sulfonamides is 1. The number of primary sulfonamides is 1. The molecule has 1 fully saturated rings. The van der Waals surface area contributed by atoms with Crippen molar-refractivity contribution in [2.45, 2.75) is 43.6 Å². The second-order valence-corrected chi connectivity index (χ2v) is 8.09. The molecular weight excluding hydrogens is 352 g/mol. The monoisotopic (exact) mass is 374 g/mol. The lowest BCUT2D eigenvalue weighted by Gasteiger charge is -2.14. The fourth-order valence-electron chi connectivity index (χ4n) is 3.04. The topological polar surface area (TPSA) is 98.5 Å². The van der Waals surface area contributed by atoms with E-state index in [1.165, 1.54) is 25.0 Å². The Kier molecular flexibility index (Phi) is 5.29. The van der Waals surface area contributed by atoms with E-state index in [9.17, 15) is 13.2 Å². The van der Waals surface area contributed by atoms with E-state index in [2.05, 4.69) is 5.32 Å². The number of benzene rings is 2. The van der Waals surface area contributed by atoms with Crippen LogP contribution in [0.5, 0.6) is 5.75 Å². The summed E-state index contributed by atoms with van der Waals surface area (Å²) in [6.45, 7) is 1.74. The molecule has 3 N–H and O–H groups in total. The number of anilines is 1. The van der Waals surface area contributed by atoms with Gasteiger partial charge in [0.05, 0.1) is 11.0 Å². The smallest absolute Gasteiger partial charge is 0.255 e. The van der Waals surface area contributed by atoms with Gasteiger partial charge in [0.1, 0.15) is 5.75 Å². The average molecular weight is 374 g/mol. The first-order valence-electron chi connectivity index (χ1n) is 8.54. The Balaban J connectivity index is 1.71. The molecule has 0 heterocycles. The van der Waals surface area contributed by atoms with Gasteiger partial charge in [-0.15, -0.1) is 0 Å². The molecule has 1 aliphatic rings. The predicted molar refractivity (Wildman–Crippen MR) is 99.8 cm³/mol. The van der Waals surface area contributed by atoms with E-state index < -0.39 is 15.9 Å². The van der Waals surface area contributed by atoms with Crippen molar-refractivity contribution in [3.63, 3.8) is 0 Å². The minimum absolute atomic E-state index is 0.0893. The van der Waals surface area contributed by atoms with E-state index in [1.807, 2.05) is 12.1 Å². The van der Waals surface area contributed by atoms with Crippen molar-refractivity contribution >= 4 is 21.6 Å². The van der Waals surface area contributed by atoms with Crippen molar-refractivity contribution in [3.05, 3.63) is 53.6 Å². The summed E-state index contributed by atoms with van der Waals surface area (Å²) in [4.78, 5) is 12.4. The van der Waals surface area contributed by atoms with Crippen LogP contribution in [0.4, 0.5) is 5.69 Å². The summed E-state index contributed by atoms with van der Waals surface area (Å²) >= 11 is 0. The molecule has 0 atom stereocenters. The Morgan fingerprint density at radius 1 is 1.12 bits per heavy atom. The summed E-state index contributed by atoms with van der Waals surface area (Å²) in [5.41, 5.74) is 1.54. The van der Waals surface area contributed by atoms with Crippen LogP contribution < -0.4 is 15.2 Å². The Morgan fingerprint density at radius 2 is 1.77 bits per heavy atom. The van der Waals surface area contributed by atoms with E-state index in [-0.39, 0.29) is 16.6 Å². The van der Waals surface area contributed by atoms with Crippen molar-refractivity contribution in [1.82, 2.24) is 0 Å². The lowest BCUT2D eigenvalue weighted by molar-refractivity contribution is 0.102. The highest BCUT2D eigenvalue weighted by molar-refractivity contribution is 7.89. The third kappa shape index (κ3) is 4.42. The van der Waals surface area contributed by atoms with Gasteiger partial charge in [0.25, 0.3) is 5.91 Å². The minimum Gasteiger partial charge on any atom is -0.490 e. The lowest BCUT2D eigenvalue weighted by atomic mass is 10.1. The molecule has 2 aromatic carbocycles. The van der Waals surface area contributed by atoms with Crippen LogP contribution in [-0.2, 0) is 10.0 Å². The molecule has 0 bridgehead atoms. The van der Waals surface area contributed by atoms with Gasteiger partial charge in [0, 0.05) is 11.3 Å². The third-order valence-electron chi connectivity index (χ3n) is 4.50. The number of rotatable bonds is 5. The van der Waals surface area contributed by atoms with Gasteiger partial charge in [-0.25, -0.2) is 13.6 Å². The van der Waals surface area contributed by atoms with Crippen LogP contribution in [0.3, 0.4) is 0 Å². The fraction of sp³-hybridized carbons (Fsp3) is 0.316. The SMILES string of the molecule is Cc1ccc(S(N)(=O)=O)cc1C(=O)Nc1ccc(OC2CCCC2)cc1. The Bertz CT molecular complexity index is 902. The molecule has 138 valence electrons. The number of hydrogen-bond donors (Lipinski definition) is 2. The van der Waals surface area contributed by atoms with Crippen molar-refractivity contribution in [1.29, 1.82) is 0 Å². The molecule has 1 aliphatic carbocycles. The Labute approximate surface area is 153 Å². The van der Waals surface area contributed by atoms with Gasteiger partial charge < -0.3 is 10.1 Å². The van der Waals surface area contributed by atoms with E-state index in [0.717, 1.165) is 18.6 Å². The molecule has 7 heteroatoms. The van der Waals surface area contributed by atoms with Crippen molar-refractivity contribution in [2.75, 3.05) is 5.32 Å². The molecule has 0 radical (unpaired) electrons. The molecule has 2 aromatic rings. The maximum absolute atomic E-state index is 12.5. The van der Waals surface area contributed by atoms with Crippen molar-refractivity contribution in [3.8, 4) is 5.75 Å². The van der Waals surface area contributed by atoms with E-state index in [1.54, 1.807) is 25.1 Å². The maximum Gasteiger partial charge on any atom is 0.255 e. The van der Waals surface area contributed by atoms with Crippen LogP contribution in [0, 0.1) is 6.92 Å². The Morgan fingerprint density at radius 3 is 2.38 bits per heavy atom. The average Bonchev–Trinajstić information content (AvgIpc) is 3.09. The molecule has 1 saturated carbocycles. The quantitative estimate of drug-likeness (QED) is 0.839. The number of amides is 1. The minimum atomic E-state index is -3.86. The van der Waals surface area contributed by atoms with Gasteiger partial charge >= 0.3 is 0 Å². The number of carbonyl (C=O) groups is 1. The summed E-state index contributed by atoms with van der Waals surface area (Å²) < 4.78 is 28.9. The highest BCUT2D eigenvalue weighted by Gasteiger charge is 2.17. The van der Waals surface area contributed by atoms with Crippen molar-refractivity contribution in [2.24, 2.45) is 5.14 Å². The fourth-order valence-corrected chi connectivity index (χ4v) is 3.58. The molecular formula is C19H22N2O4S. The largest absolute Gasteiger partial charge is 0.490 e. The van der Waals surface area contributed by atoms with Gasteiger partial charge in [-0.2, -0.15) is 0 Å². The van der Waals surface area contributed by atoms with Gasteiger partial charge in [0.2, 0.25) is 10.0 Å². The Hall–Kier alpha value is -2.38. The third-order valence-corrected chi connectivity index (χ3v) is 5.41. The van der Waals surface area contributed by atoms with Crippen LogP contribution in [0.25, 0.3) is 0 Å². The maximum atomic E-state index is 12.5. The van der Waals surface area contributed by atoms with Crippen LogP contribution >= 0.6 is 0 Å². The first kappa shape index (κ1) is 18.4. The van der Waals surface area contributed by atoms with E-state index >= 15 is 0 Å². The first-order valence-corrected chi connectivity index (χ1v) is 10.1. The molecule has 6 nitrogen and oxygen atoms in total. The molecule has 0 aromatic heterocycles. The highest BCUT2D eigenvalue weighted by Crippen LogP contribution is 2.25. The van der Waals surface area contributed by atoms with Gasteiger partial charge in [-0.3, -0.25) is 4.79 Å². The summed E-state index contributed by atoms with van der Waals surface area (Å²) in [5, 5.41) is 7.91. The normalized spacial score (nSPS) is 15.0. The lowest BCUT2D eigenvalue weighted by Crippen LogP contribution is -2.17. The molecule has 0 unspecified atom stereocenters. The van der Waals surface area contributed by atoms with Crippen LogP contribution in [0.1, 0.15) is 41.6 Å². The highest BCUT2D eigenvalue weighted by atomic mass is 32.2. The summed E-state index contributed by atoms with van der Waals surface area (Å²) in [6, 6.07) is 11.4. The van der Waals surface area contributed by atoms with Crippen LogP contribution in [0.2, 0.25) is 0 Å². The molecule has 1 amide bonds. The standard InChI is InChI=1S/C19H22N2O4S/c1-13-6-11-17(26(20,23)24)12-18(13)19(22)21-14-7-9-16(10-8-14)25-15-4-2-3-5-15/h6-12,15H,2-5H2,1H3,(H,21,22)(H2,20,23,24). The number of aryl methyl sites for hydroxylation is 1. The van der Waals surface area contributed by atoms with E-state index in [4.69, 9.17) is 9.88 Å². The van der Waals surface area contributed by atoms with E-state index in [0.29, 0.717) is 11.3 Å². The predicted octanol–water partition coefficient (Wildman–Crippen LogP) is 3.22. The van der Waals surface area contributed by atoms with Gasteiger partial charge in [0.15, 0.2) is 0 Å². The zero-order valence-electron chi connectivity index (χ0n) is 14.6. The zero-order valence-corrected chi connectivity index (χ0v) is 15.4. The number of ether oxygens (including phenoxy) is 1. The van der Waals surface area contributed by atoms with Crippen molar-refractivity contribution < 1.29 is 17.9 Å². The molecule has 0 saturated heterocycles. The number of nitrogens with one attached hydrogen (secondary N) is 1. The van der Waals surface area contributed by atoms with Gasteiger partial charge in [-0.1, -0.05) is 6.07 Å². The number of nitrogens with two attached hydrogens (primary N) is 1. The summed E-state index contributed by atoms with van der Waals surface area (Å²) in [6.07, 6.45) is 4.85. The molecule has 3 rings (SSSR count). The number of carbonyl (C=O) groups excluding carboxylic acids is 1. The van der Waals surface area contributed by atoms with Gasteiger partial charge in [-0.05, 0) is 74.6 Å². The molecule has 0 aliphatic heterocycles. The number of hydrogen-bond acceptors (Lipinski definition) is 4. The summed E-state index contributed by atoms with van der Waals surface area (Å²) in [5.74, 6) is 0.389. The first-order chi connectivity index (χ1) is 12.3. The van der Waals surface area contributed by atoms with Crippen LogP contribution in [-0.4, -0.2) is 20.4 Å². The second-order valence-electron chi connectivity index (χ2n) is 6.52. The summed E-state index contributed by atoms with van der Waals surface area (Å²) in [7, 11) is -3.86. The second kappa shape index (κ2) is 7.47. The molecule has 26 heavy (non-hydrogen) atoms. The zero-order chi connectivity index (χ0) is 18.7. The van der Waals surface area contributed by atoms with Crippen LogP contribution in [0.15, 0.2) is 47.4 Å².